The first-order valence-corrected chi connectivity index (χ1v) is 7.59. The molecule has 0 fully saturated rings. The van der Waals surface area contributed by atoms with E-state index in [2.05, 4.69) is 39.5 Å². The van der Waals surface area contributed by atoms with E-state index in [4.69, 9.17) is 4.74 Å². The Morgan fingerprint density at radius 2 is 2.15 bits per heavy atom. The molecular weight excluding hydrogens is 318 g/mol. The van der Waals surface area contributed by atoms with Crippen molar-refractivity contribution in [3.63, 3.8) is 0 Å². The van der Waals surface area contributed by atoms with Gasteiger partial charge in [-0.15, -0.1) is 0 Å². The highest BCUT2D eigenvalue weighted by Gasteiger charge is 2.17. The zero-order valence-corrected chi connectivity index (χ0v) is 13.7. The van der Waals surface area contributed by atoms with Crippen LogP contribution in [0.3, 0.4) is 0 Å². The number of nitrogens with one attached hydrogen (secondary N) is 1. The van der Waals surface area contributed by atoms with Crippen molar-refractivity contribution in [2.24, 2.45) is 0 Å². The molecule has 3 nitrogen and oxygen atoms in total. The van der Waals surface area contributed by atoms with Crippen LogP contribution in [0, 0.1) is 0 Å². The summed E-state index contributed by atoms with van der Waals surface area (Å²) in [5, 5.41) is 2.82. The molecule has 0 bridgehead atoms. The Balaban J connectivity index is 2.01. The number of benzene rings is 1. The summed E-state index contributed by atoms with van der Waals surface area (Å²) < 4.78 is 6.35. The van der Waals surface area contributed by atoms with E-state index < -0.39 is 5.60 Å². The summed E-state index contributed by atoms with van der Waals surface area (Å²) in [7, 11) is 0. The van der Waals surface area contributed by atoms with Crippen LogP contribution in [0.2, 0.25) is 0 Å². The van der Waals surface area contributed by atoms with Crippen LogP contribution in [-0.2, 0) is 11.2 Å². The number of halogens is 1. The molecule has 1 aromatic carbocycles. The summed E-state index contributed by atoms with van der Waals surface area (Å²) >= 11 is 3.50. The fraction of sp³-hybridized carbons (Fsp3) is 0.438. The topological polar surface area (TPSA) is 38.3 Å². The van der Waals surface area contributed by atoms with Crippen LogP contribution in [-0.4, -0.2) is 18.2 Å². The smallest absolute Gasteiger partial charge is 0.407 e. The lowest BCUT2D eigenvalue weighted by molar-refractivity contribution is 0.0535. The molecule has 0 aromatic heterocycles. The molecule has 1 aromatic rings. The summed E-state index contributed by atoms with van der Waals surface area (Å²) in [6.07, 6.45) is 3.87. The monoisotopic (exact) mass is 337 g/mol. The third-order valence-electron chi connectivity index (χ3n) is 3.04. The number of carbonyl (C=O) groups excluding carboxylic acids is 1. The molecule has 0 aliphatic heterocycles. The van der Waals surface area contributed by atoms with Gasteiger partial charge >= 0.3 is 6.09 Å². The number of alkyl carbamates (subject to hydrolysis) is 1. The minimum atomic E-state index is -0.464. The van der Waals surface area contributed by atoms with E-state index in [0.717, 1.165) is 22.9 Å². The summed E-state index contributed by atoms with van der Waals surface area (Å²) in [5.74, 6) is 0. The first-order chi connectivity index (χ1) is 9.35. The summed E-state index contributed by atoms with van der Waals surface area (Å²) in [6, 6.07) is 6.28. The largest absolute Gasteiger partial charge is 0.444 e. The molecule has 0 saturated heterocycles. The van der Waals surface area contributed by atoms with Crippen LogP contribution in [0.5, 0.6) is 0 Å². The van der Waals surface area contributed by atoms with E-state index in [-0.39, 0.29) is 6.09 Å². The van der Waals surface area contributed by atoms with Gasteiger partial charge in [-0.1, -0.05) is 28.1 Å². The van der Waals surface area contributed by atoms with Gasteiger partial charge in [0.25, 0.3) is 0 Å². The lowest BCUT2D eigenvalue weighted by atomic mass is 9.91. The molecule has 0 heterocycles. The highest BCUT2D eigenvalue weighted by molar-refractivity contribution is 9.10. The summed E-state index contributed by atoms with van der Waals surface area (Å²) in [5.41, 5.74) is 3.23. The van der Waals surface area contributed by atoms with Crippen LogP contribution < -0.4 is 5.32 Å². The number of rotatable bonds is 2. The van der Waals surface area contributed by atoms with E-state index in [0.29, 0.717) is 6.54 Å². The van der Waals surface area contributed by atoms with Crippen LogP contribution in [0.25, 0.3) is 5.57 Å². The minimum absolute atomic E-state index is 0.373. The van der Waals surface area contributed by atoms with Gasteiger partial charge in [0.2, 0.25) is 0 Å². The Morgan fingerprint density at radius 1 is 1.40 bits per heavy atom. The van der Waals surface area contributed by atoms with Crippen molar-refractivity contribution in [3.8, 4) is 0 Å². The number of hydrogen-bond donors (Lipinski definition) is 1. The van der Waals surface area contributed by atoms with Crippen molar-refractivity contribution >= 4 is 27.6 Å². The molecule has 0 radical (unpaired) electrons. The number of hydrogen-bond acceptors (Lipinski definition) is 2. The minimum Gasteiger partial charge on any atom is -0.444 e. The first-order valence-electron chi connectivity index (χ1n) is 6.80. The number of aryl methyl sites for hydroxylation is 1. The highest BCUT2D eigenvalue weighted by atomic mass is 79.9. The number of amides is 1. The van der Waals surface area contributed by atoms with E-state index in [1.807, 2.05) is 26.8 Å². The maximum Gasteiger partial charge on any atom is 0.407 e. The van der Waals surface area contributed by atoms with Gasteiger partial charge in [0.1, 0.15) is 5.60 Å². The van der Waals surface area contributed by atoms with Gasteiger partial charge in [0.05, 0.1) is 0 Å². The van der Waals surface area contributed by atoms with Crippen LogP contribution in [0.15, 0.2) is 28.7 Å². The average molecular weight is 338 g/mol. The van der Waals surface area contributed by atoms with Crippen LogP contribution in [0.4, 0.5) is 4.79 Å². The van der Waals surface area contributed by atoms with Gasteiger partial charge in [-0.2, -0.15) is 0 Å². The number of ether oxygens (including phenoxy) is 1. The predicted octanol–water partition coefficient (Wildman–Crippen LogP) is 4.30. The quantitative estimate of drug-likeness (QED) is 0.873. The first kappa shape index (κ1) is 15.1. The van der Waals surface area contributed by atoms with Gasteiger partial charge in [0, 0.05) is 11.0 Å². The molecular formula is C16H20BrNO2. The third-order valence-corrected chi connectivity index (χ3v) is 3.53. The second-order valence-corrected chi connectivity index (χ2v) is 6.84. The van der Waals surface area contributed by atoms with Crippen molar-refractivity contribution in [2.45, 2.75) is 39.2 Å². The molecule has 4 heteroatoms. The van der Waals surface area contributed by atoms with Crippen molar-refractivity contribution in [3.05, 3.63) is 39.9 Å². The molecule has 1 aliphatic rings. The van der Waals surface area contributed by atoms with Crippen LogP contribution in [0.1, 0.15) is 38.3 Å². The molecule has 0 unspecified atom stereocenters. The number of carbonyl (C=O) groups is 1. The molecule has 1 N–H and O–H groups in total. The van der Waals surface area contributed by atoms with Gasteiger partial charge < -0.3 is 10.1 Å². The Morgan fingerprint density at radius 3 is 2.85 bits per heavy atom. The van der Waals surface area contributed by atoms with Crippen molar-refractivity contribution in [1.82, 2.24) is 5.32 Å². The van der Waals surface area contributed by atoms with E-state index >= 15 is 0 Å². The molecule has 1 aliphatic carbocycles. The fourth-order valence-corrected chi connectivity index (χ4v) is 2.65. The lowest BCUT2D eigenvalue weighted by Crippen LogP contribution is -2.33. The number of allylic oxidation sites excluding steroid dienone is 1. The van der Waals surface area contributed by atoms with E-state index in [1.54, 1.807) is 0 Å². The summed E-state index contributed by atoms with van der Waals surface area (Å²) in [4.78, 5) is 11.7. The van der Waals surface area contributed by atoms with Gasteiger partial charge in [-0.25, -0.2) is 4.79 Å². The average Bonchev–Trinajstić information content (AvgIpc) is 2.33. The molecule has 20 heavy (non-hydrogen) atoms. The molecule has 108 valence electrons. The fourth-order valence-electron chi connectivity index (χ4n) is 2.24. The Hall–Kier alpha value is -1.29. The molecule has 2 rings (SSSR count). The SMILES string of the molecule is CC(C)(C)OC(=O)NCC1=CCCc2cc(Br)ccc21. The van der Waals surface area contributed by atoms with Gasteiger partial charge in [-0.3, -0.25) is 0 Å². The van der Waals surface area contributed by atoms with Crippen LogP contribution >= 0.6 is 15.9 Å². The Bertz CT molecular complexity index is 544. The number of fused-ring (bicyclic) bond motifs is 1. The summed E-state index contributed by atoms with van der Waals surface area (Å²) in [6.45, 7) is 6.08. The second kappa shape index (κ2) is 6.00. The van der Waals surface area contributed by atoms with E-state index in [1.165, 1.54) is 11.1 Å². The van der Waals surface area contributed by atoms with Crippen molar-refractivity contribution < 1.29 is 9.53 Å². The molecule has 0 saturated carbocycles. The lowest BCUT2D eigenvalue weighted by Gasteiger charge is -2.22. The van der Waals surface area contributed by atoms with Gasteiger partial charge in [0.15, 0.2) is 0 Å². The highest BCUT2D eigenvalue weighted by Crippen LogP contribution is 2.28. The zero-order valence-electron chi connectivity index (χ0n) is 12.1. The molecule has 0 atom stereocenters. The van der Waals surface area contributed by atoms with E-state index in [9.17, 15) is 4.79 Å². The maximum atomic E-state index is 11.7. The maximum absolute atomic E-state index is 11.7. The van der Waals surface area contributed by atoms with Gasteiger partial charge in [-0.05, 0) is 62.4 Å². The van der Waals surface area contributed by atoms with Crippen molar-refractivity contribution in [1.29, 1.82) is 0 Å². The van der Waals surface area contributed by atoms with Crippen molar-refractivity contribution in [2.75, 3.05) is 6.54 Å². The Kier molecular flexibility index (Phi) is 4.53. The molecule has 0 spiro atoms. The normalized spacial score (nSPS) is 14.3. The third kappa shape index (κ3) is 4.10. The predicted molar refractivity (Wildman–Crippen MR) is 84.7 cm³/mol. The Labute approximate surface area is 128 Å². The molecule has 1 amide bonds. The second-order valence-electron chi connectivity index (χ2n) is 5.92. The zero-order chi connectivity index (χ0) is 14.8. The standard InChI is InChI=1S/C16H20BrNO2/c1-16(2,3)20-15(19)18-10-12-6-4-5-11-9-13(17)7-8-14(11)12/h6-9H,4-5,10H2,1-3H3,(H,18,19).